The Balaban J connectivity index is 1.79. The first-order valence-corrected chi connectivity index (χ1v) is 8.11. The van der Waals surface area contributed by atoms with Crippen LogP contribution in [0.3, 0.4) is 0 Å². The van der Waals surface area contributed by atoms with Gasteiger partial charge in [0.2, 0.25) is 6.10 Å². The normalized spacial score (nSPS) is 14.3. The minimum Gasteiger partial charge on any atom is -0.475 e. The van der Waals surface area contributed by atoms with E-state index in [2.05, 4.69) is 0 Å². The molecule has 2 aromatic carbocycles. The van der Waals surface area contributed by atoms with E-state index in [9.17, 15) is 23.2 Å². The lowest BCUT2D eigenvalue weighted by molar-refractivity contribution is -0.179. The summed E-state index contributed by atoms with van der Waals surface area (Å²) in [5, 5.41) is 0.354. The Labute approximate surface area is 153 Å². The zero-order chi connectivity index (χ0) is 19.7. The first-order valence-electron chi connectivity index (χ1n) is 8.11. The number of carbonyl (C=O) groups is 3. The summed E-state index contributed by atoms with van der Waals surface area (Å²) in [6.45, 7) is 3.21. The number of hydroxylamine groups is 2. The van der Waals surface area contributed by atoms with Gasteiger partial charge in [-0.05, 0) is 24.3 Å². The van der Waals surface area contributed by atoms with E-state index in [-0.39, 0.29) is 16.9 Å². The lowest BCUT2D eigenvalue weighted by atomic mass is 10.1. The van der Waals surface area contributed by atoms with Gasteiger partial charge < -0.3 is 9.57 Å². The third-order valence-corrected chi connectivity index (χ3v) is 3.92. The van der Waals surface area contributed by atoms with Gasteiger partial charge in [0.1, 0.15) is 5.82 Å². The second-order valence-corrected chi connectivity index (χ2v) is 6.22. The van der Waals surface area contributed by atoms with Crippen LogP contribution >= 0.6 is 0 Å². The molecule has 0 aliphatic carbocycles. The standard InChI is InChI=1S/C19H15F2NO5/c1-10(2)16(26-15-8-7-11(20)9-14(15)21)19(25)27-22-17(23)12-5-3-4-6-13(12)18(22)24/h3-10,16H,1-2H3. The maximum atomic E-state index is 13.8. The number of hydrogen-bond acceptors (Lipinski definition) is 5. The molecular formula is C19H15F2NO5. The lowest BCUT2D eigenvalue weighted by Crippen LogP contribution is -2.41. The van der Waals surface area contributed by atoms with Crippen molar-refractivity contribution < 1.29 is 32.7 Å². The first kappa shape index (κ1) is 18.5. The van der Waals surface area contributed by atoms with Crippen molar-refractivity contribution in [2.24, 2.45) is 5.92 Å². The van der Waals surface area contributed by atoms with Gasteiger partial charge in [-0.15, -0.1) is 0 Å². The maximum Gasteiger partial charge on any atom is 0.373 e. The summed E-state index contributed by atoms with van der Waals surface area (Å²) >= 11 is 0. The molecule has 0 radical (unpaired) electrons. The Kier molecular flexibility index (Phi) is 4.89. The fourth-order valence-electron chi connectivity index (χ4n) is 2.56. The van der Waals surface area contributed by atoms with Crippen LogP contribution in [0.5, 0.6) is 5.75 Å². The van der Waals surface area contributed by atoms with Crippen LogP contribution in [-0.4, -0.2) is 29.0 Å². The van der Waals surface area contributed by atoms with Crippen LogP contribution in [0.1, 0.15) is 34.6 Å². The molecule has 1 unspecified atom stereocenters. The monoisotopic (exact) mass is 375 g/mol. The smallest absolute Gasteiger partial charge is 0.373 e. The van der Waals surface area contributed by atoms with Crippen LogP contribution in [0, 0.1) is 17.6 Å². The average molecular weight is 375 g/mol. The van der Waals surface area contributed by atoms with E-state index in [0.717, 1.165) is 12.1 Å². The summed E-state index contributed by atoms with van der Waals surface area (Å²) in [5.74, 6) is -5.24. The van der Waals surface area contributed by atoms with E-state index in [1.165, 1.54) is 12.1 Å². The number of amides is 2. The molecule has 1 heterocycles. The topological polar surface area (TPSA) is 72.9 Å². The van der Waals surface area contributed by atoms with Crippen molar-refractivity contribution in [3.63, 3.8) is 0 Å². The fourth-order valence-corrected chi connectivity index (χ4v) is 2.56. The summed E-state index contributed by atoms with van der Waals surface area (Å²) in [6, 6.07) is 8.66. The molecule has 8 heteroatoms. The number of hydrogen-bond donors (Lipinski definition) is 0. The van der Waals surface area contributed by atoms with Crippen molar-refractivity contribution in [3.05, 3.63) is 65.2 Å². The molecule has 6 nitrogen and oxygen atoms in total. The number of rotatable bonds is 5. The fraction of sp³-hybridized carbons (Fsp3) is 0.211. The molecule has 1 atom stereocenters. The summed E-state index contributed by atoms with van der Waals surface area (Å²) in [6.07, 6.45) is -1.32. The van der Waals surface area contributed by atoms with E-state index < -0.39 is 41.4 Å². The van der Waals surface area contributed by atoms with Gasteiger partial charge in [-0.25, -0.2) is 13.6 Å². The summed E-state index contributed by atoms with van der Waals surface area (Å²) in [7, 11) is 0. The van der Waals surface area contributed by atoms with Crippen LogP contribution in [0.2, 0.25) is 0 Å². The minimum absolute atomic E-state index is 0.113. The molecule has 0 aromatic heterocycles. The van der Waals surface area contributed by atoms with Gasteiger partial charge in [-0.2, -0.15) is 0 Å². The van der Waals surface area contributed by atoms with Gasteiger partial charge in [0, 0.05) is 12.0 Å². The van der Waals surface area contributed by atoms with Gasteiger partial charge in [-0.1, -0.05) is 31.0 Å². The number of halogens is 2. The van der Waals surface area contributed by atoms with Crippen molar-refractivity contribution >= 4 is 17.8 Å². The highest BCUT2D eigenvalue weighted by atomic mass is 19.1. The Morgan fingerprint density at radius 3 is 2.11 bits per heavy atom. The number of ether oxygens (including phenoxy) is 1. The Hall–Kier alpha value is -3.29. The van der Waals surface area contributed by atoms with E-state index in [1.807, 2.05) is 0 Å². The SMILES string of the molecule is CC(C)C(Oc1ccc(F)cc1F)C(=O)ON1C(=O)c2ccccc2C1=O. The third kappa shape index (κ3) is 3.51. The van der Waals surface area contributed by atoms with Gasteiger partial charge in [0.15, 0.2) is 11.6 Å². The van der Waals surface area contributed by atoms with Crippen molar-refractivity contribution in [1.29, 1.82) is 0 Å². The molecule has 0 spiro atoms. The average Bonchev–Trinajstić information content (AvgIpc) is 2.86. The number of nitrogens with zero attached hydrogens (tertiary/aromatic N) is 1. The third-order valence-electron chi connectivity index (χ3n) is 3.92. The van der Waals surface area contributed by atoms with Gasteiger partial charge in [0.25, 0.3) is 11.8 Å². The highest BCUT2D eigenvalue weighted by molar-refractivity contribution is 6.20. The molecule has 0 saturated heterocycles. The summed E-state index contributed by atoms with van der Waals surface area (Å²) in [5.41, 5.74) is 0.226. The number of carbonyl (C=O) groups excluding carboxylic acids is 3. The van der Waals surface area contributed by atoms with Gasteiger partial charge in [-0.3, -0.25) is 9.59 Å². The van der Waals surface area contributed by atoms with Crippen molar-refractivity contribution in [2.45, 2.75) is 20.0 Å². The van der Waals surface area contributed by atoms with E-state index in [0.29, 0.717) is 11.1 Å². The Bertz CT molecular complexity index is 893. The van der Waals surface area contributed by atoms with Crippen LogP contribution in [0.4, 0.5) is 8.78 Å². The second kappa shape index (κ2) is 7.14. The molecule has 3 rings (SSSR count). The molecule has 140 valence electrons. The van der Waals surface area contributed by atoms with E-state index >= 15 is 0 Å². The molecule has 2 amide bonds. The lowest BCUT2D eigenvalue weighted by Gasteiger charge is -2.23. The van der Waals surface area contributed by atoms with E-state index in [4.69, 9.17) is 9.57 Å². The molecule has 2 aromatic rings. The van der Waals surface area contributed by atoms with Crippen molar-refractivity contribution in [3.8, 4) is 5.75 Å². The Morgan fingerprint density at radius 1 is 1.00 bits per heavy atom. The maximum absolute atomic E-state index is 13.8. The first-order chi connectivity index (χ1) is 12.8. The van der Waals surface area contributed by atoms with Crippen molar-refractivity contribution in [2.75, 3.05) is 0 Å². The predicted molar refractivity (Wildman–Crippen MR) is 88.6 cm³/mol. The van der Waals surface area contributed by atoms with Crippen LogP contribution in [0.25, 0.3) is 0 Å². The summed E-state index contributed by atoms with van der Waals surface area (Å²) < 4.78 is 32.1. The molecular weight excluding hydrogens is 360 g/mol. The minimum atomic E-state index is -1.32. The summed E-state index contributed by atoms with van der Waals surface area (Å²) in [4.78, 5) is 42.0. The van der Waals surface area contributed by atoms with Crippen LogP contribution in [0.15, 0.2) is 42.5 Å². The van der Waals surface area contributed by atoms with Gasteiger partial charge >= 0.3 is 5.97 Å². The predicted octanol–water partition coefficient (Wildman–Crippen LogP) is 3.12. The number of benzene rings is 2. The highest BCUT2D eigenvalue weighted by Gasteiger charge is 2.40. The van der Waals surface area contributed by atoms with E-state index in [1.54, 1.807) is 26.0 Å². The molecule has 0 saturated carbocycles. The Morgan fingerprint density at radius 2 is 1.59 bits per heavy atom. The largest absolute Gasteiger partial charge is 0.475 e. The molecule has 0 fully saturated rings. The molecule has 1 aliphatic rings. The van der Waals surface area contributed by atoms with Crippen molar-refractivity contribution in [1.82, 2.24) is 5.06 Å². The molecule has 0 N–H and O–H groups in total. The van der Waals surface area contributed by atoms with Crippen LogP contribution in [-0.2, 0) is 9.63 Å². The molecule has 0 bridgehead atoms. The number of fused-ring (bicyclic) bond motifs is 1. The van der Waals surface area contributed by atoms with Crippen LogP contribution < -0.4 is 4.74 Å². The highest BCUT2D eigenvalue weighted by Crippen LogP contribution is 2.25. The number of imide groups is 1. The van der Waals surface area contributed by atoms with Gasteiger partial charge in [0.05, 0.1) is 11.1 Å². The quantitative estimate of drug-likeness (QED) is 0.751. The molecule has 1 aliphatic heterocycles. The zero-order valence-electron chi connectivity index (χ0n) is 14.4. The molecule has 27 heavy (non-hydrogen) atoms. The zero-order valence-corrected chi connectivity index (χ0v) is 14.4. The second-order valence-electron chi connectivity index (χ2n) is 6.22.